The number of likely N-dealkylation sites (tertiary alicyclic amines) is 1. The molecule has 0 bridgehead atoms. The summed E-state index contributed by atoms with van der Waals surface area (Å²) in [6.45, 7) is 1.11. The van der Waals surface area contributed by atoms with E-state index in [0.717, 1.165) is 12.0 Å². The van der Waals surface area contributed by atoms with E-state index in [1.54, 1.807) is 12.1 Å². The monoisotopic (exact) mass is 560 g/mol. The van der Waals surface area contributed by atoms with Crippen molar-refractivity contribution in [3.05, 3.63) is 131 Å². The van der Waals surface area contributed by atoms with Gasteiger partial charge in [0.2, 0.25) is 0 Å². The van der Waals surface area contributed by atoms with E-state index in [1.165, 1.54) is 28.0 Å². The summed E-state index contributed by atoms with van der Waals surface area (Å²) < 4.78 is 0. The third-order valence-electron chi connectivity index (χ3n) is 6.75. The lowest BCUT2D eigenvalue weighted by Gasteiger charge is -2.32. The fraction of sp³-hybridized carbons (Fsp3) is 0.138. The summed E-state index contributed by atoms with van der Waals surface area (Å²) in [5, 5.41) is 14.6. The van der Waals surface area contributed by atoms with Gasteiger partial charge in [-0.25, -0.2) is 0 Å². The van der Waals surface area contributed by atoms with Gasteiger partial charge in [-0.3, -0.25) is 14.9 Å². The largest absolute Gasteiger partial charge is 1.00 e. The predicted octanol–water partition coefficient (Wildman–Crippen LogP) is 1.69. The first kappa shape index (κ1) is 25.7. The average molecular weight is 561 g/mol. The predicted molar refractivity (Wildman–Crippen MR) is 142 cm³/mol. The summed E-state index contributed by atoms with van der Waals surface area (Å²) in [4.78, 5) is 26.6. The van der Waals surface area contributed by atoms with Crippen LogP contribution in [0.3, 0.4) is 0 Å². The lowest BCUT2D eigenvalue weighted by Crippen LogP contribution is -3.00. The van der Waals surface area contributed by atoms with Crippen LogP contribution in [0, 0.1) is 10.1 Å². The van der Waals surface area contributed by atoms with Crippen LogP contribution in [0.15, 0.2) is 115 Å². The van der Waals surface area contributed by atoms with E-state index in [1.807, 2.05) is 23.1 Å². The van der Waals surface area contributed by atoms with Crippen molar-refractivity contribution >= 4 is 34.8 Å². The summed E-state index contributed by atoms with van der Waals surface area (Å²) in [7, 11) is -2.30. The number of nitrogens with zero attached hydrogens (tertiary/aromatic N) is 2. The van der Waals surface area contributed by atoms with Crippen molar-refractivity contribution in [1.29, 1.82) is 0 Å². The molecule has 5 rings (SSSR count). The van der Waals surface area contributed by atoms with Crippen molar-refractivity contribution in [2.45, 2.75) is 18.6 Å². The van der Waals surface area contributed by atoms with Crippen LogP contribution in [0.5, 0.6) is 0 Å². The van der Waals surface area contributed by atoms with Gasteiger partial charge in [0.1, 0.15) is 23.2 Å². The first-order valence-electron chi connectivity index (χ1n) is 11.7. The van der Waals surface area contributed by atoms with E-state index in [2.05, 4.69) is 72.8 Å². The molecular weight excluding hydrogens is 535 g/mol. The number of carbonyl (C=O) groups excluding carboxylic acids is 1. The number of halogens is 1. The highest BCUT2D eigenvalue weighted by atomic mass is 79.9. The lowest BCUT2D eigenvalue weighted by atomic mass is 10.2. The molecule has 0 N–H and O–H groups in total. The molecule has 7 heteroatoms. The van der Waals surface area contributed by atoms with E-state index in [9.17, 15) is 14.9 Å². The zero-order chi connectivity index (χ0) is 24.3. The molecule has 1 amide bonds. The fourth-order valence-electron chi connectivity index (χ4n) is 5.16. The van der Waals surface area contributed by atoms with Gasteiger partial charge < -0.3 is 21.9 Å². The first-order chi connectivity index (χ1) is 17.1. The highest BCUT2D eigenvalue weighted by Gasteiger charge is 2.58. The lowest BCUT2D eigenvalue weighted by molar-refractivity contribution is -0.384. The molecule has 4 aromatic carbocycles. The number of hydrogen-bond donors (Lipinski definition) is 0. The Labute approximate surface area is 222 Å². The second-order valence-electron chi connectivity index (χ2n) is 8.72. The number of nitro benzene ring substituents is 1. The SMILES string of the molecule is O=C1[C@H]([P+](c2ccccc2)(c2ccccc2)c2ccccc2)CCN1Cc1ccc([N+](=O)[O-])cc1.[Br-]. The number of carbonyl (C=O) groups is 1. The van der Waals surface area contributed by atoms with Gasteiger partial charge >= 0.3 is 0 Å². The Morgan fingerprint density at radius 3 is 1.61 bits per heavy atom. The van der Waals surface area contributed by atoms with Crippen molar-refractivity contribution in [3.8, 4) is 0 Å². The second-order valence-corrected chi connectivity index (χ2v) is 12.3. The molecule has 0 spiro atoms. The second kappa shape index (κ2) is 11.2. The van der Waals surface area contributed by atoms with Crippen molar-refractivity contribution in [2.24, 2.45) is 0 Å². The maximum Gasteiger partial charge on any atom is 0.269 e. The summed E-state index contributed by atoms with van der Waals surface area (Å²) in [6.07, 6.45) is 0.762. The average Bonchev–Trinajstić information content (AvgIpc) is 3.27. The van der Waals surface area contributed by atoms with E-state index in [-0.39, 0.29) is 34.2 Å². The molecular formula is C29H26BrN2O3P. The molecule has 4 aromatic rings. The molecule has 1 aliphatic heterocycles. The van der Waals surface area contributed by atoms with Crippen molar-refractivity contribution in [1.82, 2.24) is 4.90 Å². The van der Waals surface area contributed by atoms with Gasteiger partial charge in [-0.2, -0.15) is 0 Å². The zero-order valence-electron chi connectivity index (χ0n) is 19.6. The number of hydrogen-bond acceptors (Lipinski definition) is 3. The van der Waals surface area contributed by atoms with Crippen LogP contribution >= 0.6 is 7.26 Å². The van der Waals surface area contributed by atoms with Gasteiger partial charge in [0.05, 0.1) is 4.92 Å². The van der Waals surface area contributed by atoms with Gasteiger partial charge in [0.25, 0.3) is 11.6 Å². The van der Waals surface area contributed by atoms with Gasteiger partial charge in [-0.1, -0.05) is 66.7 Å². The Bertz CT molecular complexity index is 1220. The van der Waals surface area contributed by atoms with Crippen LogP contribution in [0.4, 0.5) is 5.69 Å². The van der Waals surface area contributed by atoms with E-state index >= 15 is 0 Å². The van der Waals surface area contributed by atoms with Gasteiger partial charge in [-0.15, -0.1) is 0 Å². The van der Waals surface area contributed by atoms with Crippen molar-refractivity contribution < 1.29 is 26.7 Å². The van der Waals surface area contributed by atoms with Gasteiger partial charge in [0, 0.05) is 31.6 Å². The molecule has 5 nitrogen and oxygen atoms in total. The van der Waals surface area contributed by atoms with Crippen LogP contribution < -0.4 is 32.9 Å². The Hall–Kier alpha value is -3.34. The molecule has 0 radical (unpaired) electrons. The third-order valence-corrected chi connectivity index (χ3v) is 11.5. The maximum atomic E-state index is 14.1. The summed E-state index contributed by atoms with van der Waals surface area (Å²) >= 11 is 0. The van der Waals surface area contributed by atoms with E-state index in [0.29, 0.717) is 13.1 Å². The Kier molecular flexibility index (Phi) is 7.97. The van der Waals surface area contributed by atoms with Crippen LogP contribution in [-0.4, -0.2) is 27.9 Å². The fourth-order valence-corrected chi connectivity index (χ4v) is 10.1. The molecule has 0 aromatic heterocycles. The number of benzene rings is 4. The maximum absolute atomic E-state index is 14.1. The number of amides is 1. The molecule has 0 unspecified atom stereocenters. The standard InChI is InChI=1S/C29H26N2O3P.BrH/c32-29-28(20-21-30(29)22-23-16-18-24(19-17-23)31(33)34)35(25-10-4-1-5-11-25,26-12-6-2-7-13-26)27-14-8-3-9-15-27;/h1-19,28H,20-22H2;1H/q+1;/p-1/t28-;/m1./s1. The Morgan fingerprint density at radius 2 is 1.19 bits per heavy atom. The van der Waals surface area contributed by atoms with Crippen LogP contribution in [0.1, 0.15) is 12.0 Å². The van der Waals surface area contributed by atoms with Crippen LogP contribution in [0.2, 0.25) is 0 Å². The molecule has 1 saturated heterocycles. The number of nitro groups is 1. The van der Waals surface area contributed by atoms with E-state index < -0.39 is 12.2 Å². The smallest absolute Gasteiger partial charge is 0.269 e. The van der Waals surface area contributed by atoms with Crippen LogP contribution in [0.25, 0.3) is 0 Å². The topological polar surface area (TPSA) is 63.5 Å². The molecule has 0 aliphatic carbocycles. The minimum Gasteiger partial charge on any atom is -1.00 e. The molecule has 1 heterocycles. The van der Waals surface area contributed by atoms with Crippen LogP contribution in [-0.2, 0) is 11.3 Å². The van der Waals surface area contributed by atoms with Crippen molar-refractivity contribution in [2.75, 3.05) is 6.54 Å². The Morgan fingerprint density at radius 1 is 0.750 bits per heavy atom. The normalized spacial score (nSPS) is 15.4. The van der Waals surface area contributed by atoms with Gasteiger partial charge in [-0.05, 0) is 42.0 Å². The summed E-state index contributed by atoms with van der Waals surface area (Å²) in [6, 6.07) is 37.9. The quantitative estimate of drug-likeness (QED) is 0.196. The summed E-state index contributed by atoms with van der Waals surface area (Å²) in [5.41, 5.74) is 0.780. The highest BCUT2D eigenvalue weighted by Crippen LogP contribution is 2.62. The number of rotatable bonds is 7. The molecule has 1 atom stereocenters. The Balaban J connectivity index is 0.00000304. The van der Waals surface area contributed by atoms with Gasteiger partial charge in [0.15, 0.2) is 5.66 Å². The first-order valence-corrected chi connectivity index (χ1v) is 13.5. The highest BCUT2D eigenvalue weighted by molar-refractivity contribution is 7.96. The third kappa shape index (κ3) is 4.71. The molecule has 1 aliphatic rings. The minimum absolute atomic E-state index is 0. The molecule has 182 valence electrons. The molecule has 0 saturated carbocycles. The van der Waals surface area contributed by atoms with E-state index in [4.69, 9.17) is 0 Å². The molecule has 36 heavy (non-hydrogen) atoms. The number of non-ortho nitro benzene ring substituents is 1. The minimum atomic E-state index is -2.30. The van der Waals surface area contributed by atoms with Crippen molar-refractivity contribution in [3.63, 3.8) is 0 Å². The molecule has 1 fully saturated rings. The zero-order valence-corrected chi connectivity index (χ0v) is 22.1. The summed E-state index contributed by atoms with van der Waals surface area (Å²) in [5.74, 6) is 0.147.